The third kappa shape index (κ3) is 3.41. The first-order valence-corrected chi connectivity index (χ1v) is 8.72. The van der Waals surface area contributed by atoms with Gasteiger partial charge in [0.15, 0.2) is 0 Å². The molecular weight excluding hydrogens is 362 g/mol. The van der Waals surface area contributed by atoms with E-state index < -0.39 is 17.9 Å². The Balaban J connectivity index is 1.63. The molecule has 1 heterocycles. The molecule has 6 nitrogen and oxygen atoms in total. The number of carboxylic acids is 1. The summed E-state index contributed by atoms with van der Waals surface area (Å²) < 4.78 is 0. The lowest BCUT2D eigenvalue weighted by atomic mass is 10.0. The number of nitrogens with one attached hydrogen (secondary N) is 3. The van der Waals surface area contributed by atoms with E-state index in [2.05, 4.69) is 32.1 Å². The van der Waals surface area contributed by atoms with Crippen LogP contribution in [0.25, 0.3) is 0 Å². The smallest absolute Gasteiger partial charge is 0.308 e. The third-order valence-corrected chi connectivity index (χ3v) is 5.69. The van der Waals surface area contributed by atoms with Crippen LogP contribution in [0.1, 0.15) is 30.9 Å². The molecule has 1 saturated heterocycles. The summed E-state index contributed by atoms with van der Waals surface area (Å²) in [5.74, 6) is -1.48. The number of amides is 1. The van der Waals surface area contributed by atoms with Gasteiger partial charge in [-0.25, -0.2) is 10.9 Å². The van der Waals surface area contributed by atoms with Gasteiger partial charge in [0.05, 0.1) is 16.8 Å². The predicted octanol–water partition coefficient (Wildman–Crippen LogP) is 1.34. The van der Waals surface area contributed by atoms with Crippen LogP contribution < -0.4 is 16.2 Å². The number of hydrazine groups is 1. The van der Waals surface area contributed by atoms with Gasteiger partial charge in [-0.1, -0.05) is 52.7 Å². The van der Waals surface area contributed by atoms with Gasteiger partial charge in [-0.2, -0.15) is 0 Å². The van der Waals surface area contributed by atoms with Crippen molar-refractivity contribution in [2.75, 3.05) is 0 Å². The van der Waals surface area contributed by atoms with Crippen LogP contribution in [0.3, 0.4) is 0 Å². The Morgan fingerprint density at radius 3 is 2.61 bits per heavy atom. The maximum absolute atomic E-state index is 12.5. The van der Waals surface area contributed by atoms with E-state index in [1.807, 2.05) is 30.3 Å². The summed E-state index contributed by atoms with van der Waals surface area (Å²) in [5, 5.41) is 12.1. The summed E-state index contributed by atoms with van der Waals surface area (Å²) >= 11 is 3.60. The van der Waals surface area contributed by atoms with E-state index in [1.54, 1.807) is 0 Å². The molecule has 3 unspecified atom stereocenters. The molecule has 1 aliphatic heterocycles. The highest BCUT2D eigenvalue weighted by Gasteiger charge is 2.41. The Labute approximate surface area is 143 Å². The van der Waals surface area contributed by atoms with Gasteiger partial charge in [0, 0.05) is 6.04 Å². The summed E-state index contributed by atoms with van der Waals surface area (Å²) in [6.07, 6.45) is 2.18. The van der Waals surface area contributed by atoms with Crippen molar-refractivity contribution in [1.29, 1.82) is 0 Å². The van der Waals surface area contributed by atoms with Crippen molar-refractivity contribution in [3.05, 3.63) is 35.9 Å². The maximum Gasteiger partial charge on any atom is 0.308 e. The fourth-order valence-corrected chi connectivity index (χ4v) is 4.18. The molecule has 0 radical (unpaired) electrons. The number of halogens is 1. The van der Waals surface area contributed by atoms with Crippen LogP contribution in [-0.2, 0) is 9.59 Å². The number of hydrogen-bond donors (Lipinski definition) is 4. The number of alkyl halides is 1. The molecule has 7 heteroatoms. The first-order valence-electron chi connectivity index (χ1n) is 7.81. The highest BCUT2D eigenvalue weighted by atomic mass is 79.9. The molecule has 23 heavy (non-hydrogen) atoms. The van der Waals surface area contributed by atoms with Crippen molar-refractivity contribution in [2.24, 2.45) is 5.92 Å². The number of aliphatic carboxylic acids is 1. The molecule has 2 fully saturated rings. The predicted molar refractivity (Wildman–Crippen MR) is 88.9 cm³/mol. The van der Waals surface area contributed by atoms with Gasteiger partial charge in [0.2, 0.25) is 5.91 Å². The molecule has 3 rings (SSSR count). The van der Waals surface area contributed by atoms with Crippen molar-refractivity contribution in [3.63, 3.8) is 0 Å². The van der Waals surface area contributed by atoms with Gasteiger partial charge in [0.25, 0.3) is 0 Å². The Morgan fingerprint density at radius 1 is 1.17 bits per heavy atom. The van der Waals surface area contributed by atoms with Crippen LogP contribution in [0.5, 0.6) is 0 Å². The molecule has 1 aromatic rings. The molecule has 0 aromatic heterocycles. The Bertz CT molecular complexity index is 583. The van der Waals surface area contributed by atoms with Crippen molar-refractivity contribution < 1.29 is 14.7 Å². The second kappa shape index (κ2) is 6.98. The van der Waals surface area contributed by atoms with Crippen LogP contribution in [-0.4, -0.2) is 33.9 Å². The van der Waals surface area contributed by atoms with E-state index in [-0.39, 0.29) is 22.8 Å². The summed E-state index contributed by atoms with van der Waals surface area (Å²) in [7, 11) is 0. The van der Waals surface area contributed by atoms with Crippen molar-refractivity contribution in [2.45, 2.75) is 42.2 Å². The zero-order chi connectivity index (χ0) is 16.4. The number of hydrogen-bond acceptors (Lipinski definition) is 4. The van der Waals surface area contributed by atoms with E-state index in [1.165, 1.54) is 0 Å². The largest absolute Gasteiger partial charge is 0.481 e. The first kappa shape index (κ1) is 16.4. The fourth-order valence-electron chi connectivity index (χ4n) is 3.37. The van der Waals surface area contributed by atoms with Gasteiger partial charge < -0.3 is 10.4 Å². The van der Waals surface area contributed by atoms with Crippen LogP contribution in [0.2, 0.25) is 0 Å². The molecule has 4 N–H and O–H groups in total. The normalized spacial score (nSPS) is 33.5. The molecule has 1 aromatic carbocycles. The topological polar surface area (TPSA) is 90.5 Å². The fraction of sp³-hybridized carbons (Fsp3) is 0.500. The zero-order valence-corrected chi connectivity index (χ0v) is 14.1. The minimum absolute atomic E-state index is 0.0224. The van der Waals surface area contributed by atoms with E-state index in [0.29, 0.717) is 6.42 Å². The molecule has 0 spiro atoms. The summed E-state index contributed by atoms with van der Waals surface area (Å²) in [4.78, 5) is 23.6. The van der Waals surface area contributed by atoms with Crippen LogP contribution in [0, 0.1) is 5.92 Å². The Hall–Kier alpha value is -1.44. The van der Waals surface area contributed by atoms with Gasteiger partial charge >= 0.3 is 5.97 Å². The second-order valence-corrected chi connectivity index (χ2v) is 7.15. The Kier molecular flexibility index (Phi) is 4.99. The summed E-state index contributed by atoms with van der Waals surface area (Å²) in [5.41, 5.74) is 7.24. The van der Waals surface area contributed by atoms with E-state index in [0.717, 1.165) is 18.4 Å². The van der Waals surface area contributed by atoms with Gasteiger partial charge in [-0.15, -0.1) is 0 Å². The molecule has 1 amide bonds. The van der Waals surface area contributed by atoms with Crippen LogP contribution in [0.15, 0.2) is 30.3 Å². The number of carbonyl (C=O) groups is 2. The second-order valence-electron chi connectivity index (χ2n) is 6.09. The Morgan fingerprint density at radius 2 is 1.91 bits per heavy atom. The highest BCUT2D eigenvalue weighted by Crippen LogP contribution is 2.30. The zero-order valence-electron chi connectivity index (χ0n) is 12.5. The molecule has 1 aliphatic carbocycles. The first-order chi connectivity index (χ1) is 11.1. The average molecular weight is 382 g/mol. The van der Waals surface area contributed by atoms with Crippen molar-refractivity contribution >= 4 is 27.8 Å². The van der Waals surface area contributed by atoms with Crippen LogP contribution in [0.4, 0.5) is 0 Å². The van der Waals surface area contributed by atoms with Gasteiger partial charge in [-0.3, -0.25) is 9.59 Å². The number of carbonyl (C=O) groups excluding carboxylic acids is 1. The monoisotopic (exact) mass is 381 g/mol. The van der Waals surface area contributed by atoms with Crippen LogP contribution >= 0.6 is 15.9 Å². The maximum atomic E-state index is 12.5. The van der Waals surface area contributed by atoms with Gasteiger partial charge in [-0.05, 0) is 18.4 Å². The van der Waals surface area contributed by atoms with E-state index in [9.17, 15) is 14.7 Å². The van der Waals surface area contributed by atoms with E-state index >= 15 is 0 Å². The highest BCUT2D eigenvalue weighted by molar-refractivity contribution is 9.09. The minimum Gasteiger partial charge on any atom is -0.481 e. The number of rotatable bonds is 4. The van der Waals surface area contributed by atoms with E-state index in [4.69, 9.17) is 0 Å². The summed E-state index contributed by atoms with van der Waals surface area (Å²) in [6, 6.07) is 9.13. The lowest BCUT2D eigenvalue weighted by molar-refractivity contribution is -0.142. The minimum atomic E-state index is -0.831. The standard InChI is InChI=1S/C16H20BrN3O3/c17-12-13(9-5-2-1-3-6-9)19-20-14(12)15(21)18-11-8-4-7-10(11)16(22)23/h1-3,5-6,10-14,19-20H,4,7-8H2,(H,18,21)(H,22,23)/t10-,11+,12?,13?,14?/m1/s1. The molecule has 5 atom stereocenters. The molecule has 1 saturated carbocycles. The van der Waals surface area contributed by atoms with Gasteiger partial charge in [0.1, 0.15) is 6.04 Å². The molecule has 124 valence electrons. The number of benzene rings is 1. The molecular formula is C16H20BrN3O3. The lowest BCUT2D eigenvalue weighted by Crippen LogP contribution is -2.50. The molecule has 0 bridgehead atoms. The average Bonchev–Trinajstić information content (AvgIpc) is 3.14. The lowest BCUT2D eigenvalue weighted by Gasteiger charge is -2.22. The summed E-state index contributed by atoms with van der Waals surface area (Å²) in [6.45, 7) is 0. The van der Waals surface area contributed by atoms with Crippen molar-refractivity contribution in [3.8, 4) is 0 Å². The SMILES string of the molecule is O=C(N[C@H]1CCC[C@H]1C(=O)O)C1NNC(c2ccccc2)C1Br. The molecule has 2 aliphatic rings. The van der Waals surface area contributed by atoms with Crippen molar-refractivity contribution in [1.82, 2.24) is 16.2 Å². The third-order valence-electron chi connectivity index (χ3n) is 4.63. The number of carboxylic acid groups (broad SMARTS) is 1. The quantitative estimate of drug-likeness (QED) is 0.590.